The van der Waals surface area contributed by atoms with Crippen LogP contribution in [-0.4, -0.2) is 44.3 Å². The van der Waals surface area contributed by atoms with Gasteiger partial charge in [0.15, 0.2) is 0 Å². The Hall–Kier alpha value is -3.36. The summed E-state index contributed by atoms with van der Waals surface area (Å²) in [6.45, 7) is 5.70. The second kappa shape index (κ2) is 12.7. The lowest BCUT2D eigenvalue weighted by molar-refractivity contribution is -0.139. The number of para-hydroxylation sites is 1. The van der Waals surface area contributed by atoms with Crippen LogP contribution in [0.25, 0.3) is 0 Å². The standard InChI is InChI=1S/C28H32ClN3O4S/c1-4-18-30-28(34)22(3)31(19-23-11-9-8-10-21(23)2)27(33)20-32(25-12-6-5-7-13-25)37(35,36)26-16-14-24(29)15-17-26/h5-17,22H,4,18-20H2,1-3H3,(H,30,34)/t22-/m1/s1. The van der Waals surface area contributed by atoms with Crippen molar-refractivity contribution in [2.45, 2.75) is 44.7 Å². The molecule has 0 unspecified atom stereocenters. The molecule has 0 radical (unpaired) electrons. The molecule has 0 saturated heterocycles. The maximum absolute atomic E-state index is 13.8. The molecule has 37 heavy (non-hydrogen) atoms. The number of aryl methyl sites for hydroxylation is 1. The van der Waals surface area contributed by atoms with Crippen LogP contribution in [0, 0.1) is 6.92 Å². The highest BCUT2D eigenvalue weighted by Gasteiger charge is 2.32. The molecule has 0 aromatic heterocycles. The molecule has 0 aliphatic heterocycles. The Kier molecular flexibility index (Phi) is 9.72. The lowest BCUT2D eigenvalue weighted by Gasteiger charge is -2.32. The summed E-state index contributed by atoms with van der Waals surface area (Å²) in [6, 6.07) is 21.0. The van der Waals surface area contributed by atoms with Gasteiger partial charge in [-0.05, 0) is 67.8 Å². The van der Waals surface area contributed by atoms with Crippen molar-refractivity contribution in [1.82, 2.24) is 10.2 Å². The second-order valence-electron chi connectivity index (χ2n) is 8.72. The SMILES string of the molecule is CCCNC(=O)[C@@H](C)N(Cc1ccccc1C)C(=O)CN(c1ccccc1)S(=O)(=O)c1ccc(Cl)cc1. The van der Waals surface area contributed by atoms with E-state index in [0.717, 1.165) is 21.9 Å². The van der Waals surface area contributed by atoms with Crippen molar-refractivity contribution in [3.05, 3.63) is 95.0 Å². The van der Waals surface area contributed by atoms with Crippen LogP contribution in [0.4, 0.5) is 5.69 Å². The molecule has 0 aliphatic carbocycles. The third-order valence-electron chi connectivity index (χ3n) is 6.04. The molecule has 1 atom stereocenters. The molecule has 0 saturated carbocycles. The molecule has 0 aliphatic rings. The Balaban J connectivity index is 2.00. The van der Waals surface area contributed by atoms with E-state index in [1.54, 1.807) is 37.3 Å². The van der Waals surface area contributed by atoms with Crippen LogP contribution >= 0.6 is 11.6 Å². The predicted octanol–water partition coefficient (Wildman–Crippen LogP) is 4.79. The number of nitrogens with zero attached hydrogens (tertiary/aromatic N) is 2. The first-order valence-corrected chi connectivity index (χ1v) is 13.9. The van der Waals surface area contributed by atoms with E-state index in [1.165, 1.54) is 29.2 Å². The zero-order valence-electron chi connectivity index (χ0n) is 21.2. The first kappa shape index (κ1) is 28.2. The lowest BCUT2D eigenvalue weighted by Crippen LogP contribution is -2.51. The minimum absolute atomic E-state index is 0.00717. The van der Waals surface area contributed by atoms with Crippen LogP contribution in [-0.2, 0) is 26.2 Å². The Morgan fingerprint density at radius 3 is 2.19 bits per heavy atom. The van der Waals surface area contributed by atoms with Crippen LogP contribution in [0.3, 0.4) is 0 Å². The largest absolute Gasteiger partial charge is 0.354 e. The van der Waals surface area contributed by atoms with E-state index < -0.39 is 28.5 Å². The predicted molar refractivity (Wildman–Crippen MR) is 147 cm³/mol. The second-order valence-corrected chi connectivity index (χ2v) is 11.0. The molecule has 0 heterocycles. The van der Waals surface area contributed by atoms with Crippen LogP contribution < -0.4 is 9.62 Å². The van der Waals surface area contributed by atoms with Crippen molar-refractivity contribution >= 4 is 39.1 Å². The highest BCUT2D eigenvalue weighted by Crippen LogP contribution is 2.25. The van der Waals surface area contributed by atoms with E-state index in [1.807, 2.05) is 38.1 Å². The van der Waals surface area contributed by atoms with Gasteiger partial charge in [0.1, 0.15) is 12.6 Å². The van der Waals surface area contributed by atoms with Crippen LogP contribution in [0.15, 0.2) is 83.8 Å². The van der Waals surface area contributed by atoms with Crippen molar-refractivity contribution in [2.24, 2.45) is 0 Å². The molecule has 9 heteroatoms. The van der Waals surface area contributed by atoms with Gasteiger partial charge in [-0.15, -0.1) is 0 Å². The number of nitrogens with one attached hydrogen (secondary N) is 1. The number of hydrogen-bond donors (Lipinski definition) is 1. The van der Waals surface area contributed by atoms with Gasteiger partial charge in [-0.25, -0.2) is 8.42 Å². The molecule has 0 fully saturated rings. The van der Waals surface area contributed by atoms with Gasteiger partial charge in [-0.1, -0.05) is 61.0 Å². The number of rotatable bonds is 11. The molecule has 1 N–H and O–H groups in total. The van der Waals surface area contributed by atoms with Crippen LogP contribution in [0.5, 0.6) is 0 Å². The fourth-order valence-corrected chi connectivity index (χ4v) is 5.35. The topological polar surface area (TPSA) is 86.8 Å². The van der Waals surface area contributed by atoms with Gasteiger partial charge >= 0.3 is 0 Å². The molecule has 7 nitrogen and oxygen atoms in total. The van der Waals surface area contributed by atoms with Gasteiger partial charge in [0.05, 0.1) is 10.6 Å². The summed E-state index contributed by atoms with van der Waals surface area (Å²) in [7, 11) is -4.11. The molecule has 3 aromatic carbocycles. The molecule has 3 aromatic rings. The lowest BCUT2D eigenvalue weighted by atomic mass is 10.1. The van der Waals surface area contributed by atoms with Gasteiger partial charge in [-0.3, -0.25) is 13.9 Å². The average molecular weight is 542 g/mol. The molecule has 0 spiro atoms. The van der Waals surface area contributed by atoms with Gasteiger partial charge in [-0.2, -0.15) is 0 Å². The van der Waals surface area contributed by atoms with Crippen molar-refractivity contribution in [2.75, 3.05) is 17.4 Å². The fraction of sp³-hybridized carbons (Fsp3) is 0.286. The highest BCUT2D eigenvalue weighted by atomic mass is 35.5. The normalized spacial score (nSPS) is 12.0. The Morgan fingerprint density at radius 1 is 0.946 bits per heavy atom. The van der Waals surface area contributed by atoms with E-state index in [0.29, 0.717) is 17.3 Å². The minimum atomic E-state index is -4.11. The number of amides is 2. The van der Waals surface area contributed by atoms with Crippen molar-refractivity contribution in [3.63, 3.8) is 0 Å². The summed E-state index contributed by atoms with van der Waals surface area (Å²) in [5.41, 5.74) is 2.18. The molecule has 2 amide bonds. The summed E-state index contributed by atoms with van der Waals surface area (Å²) in [5, 5.41) is 3.24. The van der Waals surface area contributed by atoms with Gasteiger partial charge < -0.3 is 10.2 Å². The molecular weight excluding hydrogens is 510 g/mol. The van der Waals surface area contributed by atoms with E-state index in [9.17, 15) is 18.0 Å². The summed E-state index contributed by atoms with van der Waals surface area (Å²) < 4.78 is 28.5. The Bertz CT molecular complexity index is 1310. The zero-order valence-corrected chi connectivity index (χ0v) is 22.8. The monoisotopic (exact) mass is 541 g/mol. The number of carbonyl (C=O) groups is 2. The third-order valence-corrected chi connectivity index (χ3v) is 8.08. The quantitative estimate of drug-likeness (QED) is 0.378. The third kappa shape index (κ3) is 7.11. The number of hydrogen-bond acceptors (Lipinski definition) is 4. The van der Waals surface area contributed by atoms with Gasteiger partial charge in [0.2, 0.25) is 11.8 Å². The van der Waals surface area contributed by atoms with Crippen molar-refractivity contribution in [3.8, 4) is 0 Å². The van der Waals surface area contributed by atoms with Gasteiger partial charge in [0, 0.05) is 18.1 Å². The number of benzene rings is 3. The number of anilines is 1. The molecule has 0 bridgehead atoms. The van der Waals surface area contributed by atoms with Crippen molar-refractivity contribution in [1.29, 1.82) is 0 Å². The van der Waals surface area contributed by atoms with E-state index >= 15 is 0 Å². The Labute approximate surface area is 224 Å². The van der Waals surface area contributed by atoms with Crippen molar-refractivity contribution < 1.29 is 18.0 Å². The zero-order chi connectivity index (χ0) is 27.0. The minimum Gasteiger partial charge on any atom is -0.354 e. The molecular formula is C28H32ClN3O4S. The molecule has 196 valence electrons. The first-order valence-electron chi connectivity index (χ1n) is 12.1. The summed E-state index contributed by atoms with van der Waals surface area (Å²) >= 11 is 5.97. The van der Waals surface area contributed by atoms with E-state index in [4.69, 9.17) is 11.6 Å². The Morgan fingerprint density at radius 2 is 1.57 bits per heavy atom. The van der Waals surface area contributed by atoms with E-state index in [-0.39, 0.29) is 17.3 Å². The first-order chi connectivity index (χ1) is 17.6. The maximum Gasteiger partial charge on any atom is 0.264 e. The van der Waals surface area contributed by atoms with E-state index in [2.05, 4.69) is 5.32 Å². The fourth-order valence-electron chi connectivity index (χ4n) is 3.81. The average Bonchev–Trinajstić information content (AvgIpc) is 2.90. The summed E-state index contributed by atoms with van der Waals surface area (Å²) in [6.07, 6.45) is 0.755. The molecule has 3 rings (SSSR count). The number of carbonyl (C=O) groups excluding carboxylic acids is 2. The smallest absolute Gasteiger partial charge is 0.264 e. The summed E-state index contributed by atoms with van der Waals surface area (Å²) in [4.78, 5) is 28.1. The highest BCUT2D eigenvalue weighted by molar-refractivity contribution is 7.92. The maximum atomic E-state index is 13.8. The summed E-state index contributed by atoms with van der Waals surface area (Å²) in [5.74, 6) is -0.792. The van der Waals surface area contributed by atoms with Crippen LogP contribution in [0.1, 0.15) is 31.4 Å². The number of halogens is 1. The van der Waals surface area contributed by atoms with Crippen LogP contribution in [0.2, 0.25) is 5.02 Å². The number of sulfonamides is 1. The van der Waals surface area contributed by atoms with Gasteiger partial charge in [0.25, 0.3) is 10.0 Å².